The molecular formula is C17H25N5O2. The second-order valence-corrected chi connectivity index (χ2v) is 6.31. The Balaban J connectivity index is 1.76. The lowest BCUT2D eigenvalue weighted by molar-refractivity contribution is -0.116. The van der Waals surface area contributed by atoms with Gasteiger partial charge in [0, 0.05) is 32.4 Å². The van der Waals surface area contributed by atoms with Gasteiger partial charge in [0.05, 0.1) is 17.8 Å². The number of carbonyl (C=O) groups is 2. The summed E-state index contributed by atoms with van der Waals surface area (Å²) in [6.45, 7) is 8.07. The zero-order valence-electron chi connectivity index (χ0n) is 14.6. The van der Waals surface area contributed by atoms with Crippen molar-refractivity contribution < 1.29 is 9.59 Å². The van der Waals surface area contributed by atoms with Crippen LogP contribution in [0.3, 0.4) is 0 Å². The van der Waals surface area contributed by atoms with Crippen molar-refractivity contribution in [2.45, 2.75) is 26.3 Å². The first kappa shape index (κ1) is 16.7. The van der Waals surface area contributed by atoms with Gasteiger partial charge in [0.1, 0.15) is 5.82 Å². The molecule has 1 saturated heterocycles. The first-order valence-corrected chi connectivity index (χ1v) is 8.59. The van der Waals surface area contributed by atoms with Gasteiger partial charge in [-0.05, 0) is 25.6 Å². The monoisotopic (exact) mass is 331 g/mol. The number of rotatable bonds is 4. The van der Waals surface area contributed by atoms with Crippen LogP contribution in [0, 0.1) is 0 Å². The molecule has 3 heterocycles. The fraction of sp³-hybridized carbons (Fsp3) is 0.588. The van der Waals surface area contributed by atoms with Crippen LogP contribution in [0.15, 0.2) is 12.3 Å². The van der Waals surface area contributed by atoms with E-state index in [9.17, 15) is 9.59 Å². The summed E-state index contributed by atoms with van der Waals surface area (Å²) in [6, 6.07) is 2.19. The molecule has 2 amide bonds. The number of fused-ring (bicyclic) bond motifs is 1. The third-order valence-corrected chi connectivity index (χ3v) is 5.04. The minimum atomic E-state index is -0.0309. The summed E-state index contributed by atoms with van der Waals surface area (Å²) in [5, 5.41) is 2.98. The molecule has 0 radical (unpaired) electrons. The molecule has 0 aromatic carbocycles. The number of aromatic nitrogens is 1. The van der Waals surface area contributed by atoms with Crippen molar-refractivity contribution in [2.75, 3.05) is 50.0 Å². The van der Waals surface area contributed by atoms with Gasteiger partial charge in [0.25, 0.3) is 5.91 Å². The Morgan fingerprint density at radius 3 is 2.88 bits per heavy atom. The van der Waals surface area contributed by atoms with Gasteiger partial charge >= 0.3 is 0 Å². The van der Waals surface area contributed by atoms with Gasteiger partial charge in [-0.2, -0.15) is 0 Å². The molecule has 1 aromatic heterocycles. The van der Waals surface area contributed by atoms with Crippen LogP contribution in [0.1, 0.15) is 30.6 Å². The third kappa shape index (κ3) is 2.96. The average Bonchev–Trinajstić information content (AvgIpc) is 3.08. The van der Waals surface area contributed by atoms with Gasteiger partial charge in [-0.25, -0.2) is 4.98 Å². The number of hydrogen-bond donors (Lipinski definition) is 1. The van der Waals surface area contributed by atoms with Gasteiger partial charge in [0.15, 0.2) is 0 Å². The summed E-state index contributed by atoms with van der Waals surface area (Å²) in [6.07, 6.45) is 2.61. The number of amides is 2. The maximum atomic E-state index is 12.8. The predicted octanol–water partition coefficient (Wildman–Crippen LogP) is 1.03. The molecule has 2 aliphatic heterocycles. The van der Waals surface area contributed by atoms with E-state index in [0.717, 1.165) is 32.6 Å². The molecule has 7 nitrogen and oxygen atoms in total. The van der Waals surface area contributed by atoms with Gasteiger partial charge in [-0.15, -0.1) is 0 Å². The number of hydrogen-bond acceptors (Lipinski definition) is 5. The quantitative estimate of drug-likeness (QED) is 0.892. The number of nitrogens with zero attached hydrogens (tertiary/aromatic N) is 4. The number of anilines is 2. The fourth-order valence-electron chi connectivity index (χ4n) is 3.52. The lowest BCUT2D eigenvalue weighted by atomic mass is 10.2. The van der Waals surface area contributed by atoms with Crippen molar-refractivity contribution in [2.24, 2.45) is 0 Å². The molecule has 1 atom stereocenters. The minimum absolute atomic E-state index is 0.00798. The van der Waals surface area contributed by atoms with Gasteiger partial charge < -0.3 is 15.1 Å². The highest BCUT2D eigenvalue weighted by molar-refractivity contribution is 6.03. The highest BCUT2D eigenvalue weighted by Crippen LogP contribution is 2.28. The summed E-state index contributed by atoms with van der Waals surface area (Å²) in [5.41, 5.74) is 1.20. The number of pyridine rings is 1. The van der Waals surface area contributed by atoms with E-state index < -0.39 is 0 Å². The average molecular weight is 331 g/mol. The number of carbonyl (C=O) groups excluding carboxylic acids is 2. The second-order valence-electron chi connectivity index (χ2n) is 6.31. The zero-order chi connectivity index (χ0) is 17.3. The maximum absolute atomic E-state index is 12.8. The van der Waals surface area contributed by atoms with E-state index in [1.807, 2.05) is 4.90 Å². The Hall–Kier alpha value is -2.15. The smallest absolute Gasteiger partial charge is 0.255 e. The molecule has 24 heavy (non-hydrogen) atoms. The topological polar surface area (TPSA) is 68.8 Å². The standard InChI is InChI=1S/C17H25N5O2/c1-4-21(5-2)13-6-7-22(11-13)17(24)12-8-14-16(18-9-12)19-10-15(23)20(14)3/h8-9,13H,4-7,10-11H2,1-3H3,(H,18,19). The van der Waals surface area contributed by atoms with E-state index in [1.54, 1.807) is 24.2 Å². The van der Waals surface area contributed by atoms with Crippen LogP contribution in [-0.4, -0.2) is 72.4 Å². The van der Waals surface area contributed by atoms with Crippen LogP contribution in [0.25, 0.3) is 0 Å². The van der Waals surface area contributed by atoms with Crippen molar-refractivity contribution >= 4 is 23.3 Å². The highest BCUT2D eigenvalue weighted by Gasteiger charge is 2.31. The molecule has 3 rings (SSSR count). The van der Waals surface area contributed by atoms with Crippen molar-refractivity contribution in [3.63, 3.8) is 0 Å². The molecule has 2 aliphatic rings. The Labute approximate surface area is 142 Å². The summed E-state index contributed by atoms with van der Waals surface area (Å²) in [7, 11) is 1.71. The maximum Gasteiger partial charge on any atom is 0.255 e. The zero-order valence-corrected chi connectivity index (χ0v) is 14.6. The molecule has 0 spiro atoms. The molecule has 7 heteroatoms. The molecule has 1 unspecified atom stereocenters. The SMILES string of the molecule is CCN(CC)C1CCN(C(=O)c2cnc3c(c2)N(C)C(=O)CN3)C1. The van der Waals surface area contributed by atoms with E-state index in [2.05, 4.69) is 29.0 Å². The molecule has 1 N–H and O–H groups in total. The van der Waals surface area contributed by atoms with Crippen LogP contribution >= 0.6 is 0 Å². The summed E-state index contributed by atoms with van der Waals surface area (Å²) >= 11 is 0. The summed E-state index contributed by atoms with van der Waals surface area (Å²) in [5.74, 6) is 0.610. The Morgan fingerprint density at radius 1 is 1.42 bits per heavy atom. The first-order valence-electron chi connectivity index (χ1n) is 8.59. The van der Waals surface area contributed by atoms with E-state index in [1.165, 1.54) is 0 Å². The number of likely N-dealkylation sites (tertiary alicyclic amines) is 1. The molecule has 130 valence electrons. The molecule has 0 saturated carbocycles. The normalized spacial score (nSPS) is 20.3. The number of likely N-dealkylation sites (N-methyl/N-ethyl adjacent to an activating group) is 2. The fourth-order valence-corrected chi connectivity index (χ4v) is 3.52. The van der Waals surface area contributed by atoms with Crippen molar-refractivity contribution in [1.29, 1.82) is 0 Å². The van der Waals surface area contributed by atoms with E-state index >= 15 is 0 Å². The largest absolute Gasteiger partial charge is 0.359 e. The molecular weight excluding hydrogens is 306 g/mol. The lowest BCUT2D eigenvalue weighted by Gasteiger charge is -2.27. The van der Waals surface area contributed by atoms with Gasteiger partial charge in [0.2, 0.25) is 5.91 Å². The highest BCUT2D eigenvalue weighted by atomic mass is 16.2. The Kier molecular flexibility index (Phi) is 4.71. The van der Waals surface area contributed by atoms with E-state index in [4.69, 9.17) is 0 Å². The van der Waals surface area contributed by atoms with E-state index in [-0.39, 0.29) is 18.4 Å². The van der Waals surface area contributed by atoms with Crippen LogP contribution in [0.2, 0.25) is 0 Å². The minimum Gasteiger partial charge on any atom is -0.359 e. The predicted molar refractivity (Wildman–Crippen MR) is 93.4 cm³/mol. The molecule has 1 aromatic rings. The Morgan fingerprint density at radius 2 is 2.17 bits per heavy atom. The van der Waals surface area contributed by atoms with Crippen molar-refractivity contribution in [3.05, 3.63) is 17.8 Å². The number of nitrogens with one attached hydrogen (secondary N) is 1. The van der Waals surface area contributed by atoms with Crippen LogP contribution in [-0.2, 0) is 4.79 Å². The summed E-state index contributed by atoms with van der Waals surface area (Å²) < 4.78 is 0. The summed E-state index contributed by atoms with van der Waals surface area (Å²) in [4.78, 5) is 34.8. The molecule has 1 fully saturated rings. The first-order chi connectivity index (χ1) is 11.5. The van der Waals surface area contributed by atoms with Crippen LogP contribution in [0.4, 0.5) is 11.5 Å². The Bertz CT molecular complexity index is 644. The molecule has 0 aliphatic carbocycles. The lowest BCUT2D eigenvalue weighted by Crippen LogP contribution is -2.39. The van der Waals surface area contributed by atoms with Crippen LogP contribution < -0.4 is 10.2 Å². The van der Waals surface area contributed by atoms with Gasteiger partial charge in [-0.1, -0.05) is 13.8 Å². The van der Waals surface area contributed by atoms with Crippen LogP contribution in [0.5, 0.6) is 0 Å². The third-order valence-electron chi connectivity index (χ3n) is 5.04. The van der Waals surface area contributed by atoms with Crippen molar-refractivity contribution in [3.8, 4) is 0 Å². The van der Waals surface area contributed by atoms with Gasteiger partial charge in [-0.3, -0.25) is 14.5 Å². The molecule has 0 bridgehead atoms. The second kappa shape index (κ2) is 6.76. The van der Waals surface area contributed by atoms with E-state index in [0.29, 0.717) is 23.1 Å². The van der Waals surface area contributed by atoms with Crippen molar-refractivity contribution in [1.82, 2.24) is 14.8 Å².